The number of hydrogen-bond donors (Lipinski definition) is 4. The minimum atomic E-state index is -2.75. The van der Waals surface area contributed by atoms with Crippen molar-refractivity contribution in [3.8, 4) is 0 Å². The van der Waals surface area contributed by atoms with Crippen molar-refractivity contribution in [2.75, 3.05) is 5.75 Å². The molecule has 2 nitrogen and oxygen atoms in total. The van der Waals surface area contributed by atoms with Crippen LogP contribution in [0.2, 0.25) is 0 Å². The smallest absolute Gasteiger partial charge is 0.195 e. The molecular formula is C2H9O2PS2. The van der Waals surface area contributed by atoms with Gasteiger partial charge in [-0.3, -0.25) is 0 Å². The Hall–Kier alpha value is 1.05. The van der Waals surface area contributed by atoms with Gasteiger partial charge in [-0.1, -0.05) is 19.2 Å². The molecule has 0 fully saturated rings. The summed E-state index contributed by atoms with van der Waals surface area (Å²) in [6, 6.07) is 0. The third kappa shape index (κ3) is 7.05. The number of thiol groups is 2. The summed E-state index contributed by atoms with van der Waals surface area (Å²) in [4.78, 5) is 17.1. The van der Waals surface area contributed by atoms with E-state index in [1.165, 1.54) is 0 Å². The summed E-state index contributed by atoms with van der Waals surface area (Å²) in [6.45, 7) is 1.87. The van der Waals surface area contributed by atoms with E-state index in [0.29, 0.717) is 10.9 Å². The second-order valence-corrected chi connectivity index (χ2v) is 8.12. The topological polar surface area (TPSA) is 40.5 Å². The molecule has 0 heterocycles. The summed E-state index contributed by atoms with van der Waals surface area (Å²) in [7, 11) is 0.643. The van der Waals surface area contributed by atoms with Gasteiger partial charge >= 0.3 is 0 Å². The van der Waals surface area contributed by atoms with Crippen LogP contribution in [0.1, 0.15) is 6.92 Å². The predicted molar refractivity (Wildman–Crippen MR) is 39.6 cm³/mol. The lowest BCUT2D eigenvalue weighted by Crippen LogP contribution is -1.71. The summed E-state index contributed by atoms with van der Waals surface area (Å²) in [5.74, 6) is 0.754. The molecule has 0 rings (SSSR count). The average molecular weight is 160 g/mol. The summed E-state index contributed by atoms with van der Waals surface area (Å²) in [5.41, 5.74) is -2.75. The van der Waals surface area contributed by atoms with Gasteiger partial charge in [0.1, 0.15) is 0 Å². The summed E-state index contributed by atoms with van der Waals surface area (Å²) in [5, 5.41) is 0. The first-order valence-corrected chi connectivity index (χ1v) is 6.46. The van der Waals surface area contributed by atoms with Crippen molar-refractivity contribution < 1.29 is 9.79 Å². The minimum absolute atomic E-state index is 0.643. The van der Waals surface area contributed by atoms with Gasteiger partial charge in [0.05, 0.1) is 0 Å². The molecule has 0 aromatic carbocycles. The third-order valence-electron chi connectivity index (χ3n) is 0.331. The number of hydrogen-bond acceptors (Lipinski definition) is 0. The Bertz CT molecular complexity index is 87.6. The molecule has 46 valence electrons. The van der Waals surface area contributed by atoms with Crippen LogP contribution < -0.4 is 0 Å². The van der Waals surface area contributed by atoms with Gasteiger partial charge in [0, 0.05) is 0 Å². The van der Waals surface area contributed by atoms with E-state index in [0.717, 1.165) is 5.75 Å². The second kappa shape index (κ2) is 3.15. The Morgan fingerprint density at radius 2 is 2.14 bits per heavy atom. The van der Waals surface area contributed by atoms with E-state index in [9.17, 15) is 0 Å². The van der Waals surface area contributed by atoms with Gasteiger partial charge in [0.15, 0.2) is 5.69 Å². The zero-order valence-corrected chi connectivity index (χ0v) is 6.63. The molecule has 0 aliphatic carbocycles. The van der Waals surface area contributed by atoms with Crippen LogP contribution >= 0.6 is 17.9 Å². The zero-order valence-electron chi connectivity index (χ0n) is 3.94. The molecule has 5 heteroatoms. The first kappa shape index (κ1) is 8.05. The van der Waals surface area contributed by atoms with Gasteiger partial charge in [-0.2, -0.15) is 0 Å². The molecule has 0 bridgehead atoms. The van der Waals surface area contributed by atoms with Crippen LogP contribution in [0.3, 0.4) is 0 Å². The lowest BCUT2D eigenvalue weighted by molar-refractivity contribution is 0.502. The molecule has 0 aliphatic heterocycles. The van der Waals surface area contributed by atoms with Crippen molar-refractivity contribution in [3.63, 3.8) is 0 Å². The molecule has 0 amide bonds. The van der Waals surface area contributed by atoms with Crippen molar-refractivity contribution in [1.29, 1.82) is 0 Å². The maximum Gasteiger partial charge on any atom is 0.195 e. The van der Waals surface area contributed by atoms with Crippen molar-refractivity contribution in [2.45, 2.75) is 6.92 Å². The van der Waals surface area contributed by atoms with Crippen LogP contribution in [0.4, 0.5) is 0 Å². The first-order valence-electron chi connectivity index (χ1n) is 1.82. The van der Waals surface area contributed by atoms with E-state index in [-0.39, 0.29) is 0 Å². The third-order valence-corrected chi connectivity index (χ3v) is 4.12. The molecule has 0 unspecified atom stereocenters. The summed E-state index contributed by atoms with van der Waals surface area (Å²) < 4.78 is 0. The maximum absolute atomic E-state index is 8.54. The fourth-order valence-corrected chi connectivity index (χ4v) is 2.85. The van der Waals surface area contributed by atoms with Crippen LogP contribution in [-0.2, 0) is 10.9 Å². The largest absolute Gasteiger partial charge is 0.342 e. The van der Waals surface area contributed by atoms with Crippen molar-refractivity contribution >= 4 is 28.9 Å². The standard InChI is InChI=1S/C2H9O2PS2/c1-2-7-5(3,4)6/h3-4,6-7H,2H2,1H3. The van der Waals surface area contributed by atoms with Gasteiger partial charge in [0.25, 0.3) is 0 Å². The molecule has 2 N–H and O–H groups in total. The van der Waals surface area contributed by atoms with E-state index in [4.69, 9.17) is 9.79 Å². The second-order valence-electron chi connectivity index (χ2n) is 0.994. The Kier molecular flexibility index (Phi) is 3.62. The SMILES string of the molecule is CC[SH]=P(O)(O)S. The highest BCUT2D eigenvalue weighted by Gasteiger charge is 1.93. The van der Waals surface area contributed by atoms with Gasteiger partial charge in [-0.05, 0) is 5.75 Å². The lowest BCUT2D eigenvalue weighted by Gasteiger charge is -1.98. The van der Waals surface area contributed by atoms with Gasteiger partial charge in [0.2, 0.25) is 0 Å². The van der Waals surface area contributed by atoms with Gasteiger partial charge in [-0.15, -0.1) is 10.9 Å². The molecule has 0 atom stereocenters. The molecule has 0 radical (unpaired) electrons. The molecule has 0 saturated heterocycles. The fraction of sp³-hybridized carbons (Fsp3) is 1.00. The van der Waals surface area contributed by atoms with Crippen LogP contribution in [-0.4, -0.2) is 15.5 Å². The molecule has 7 heavy (non-hydrogen) atoms. The van der Waals surface area contributed by atoms with Crippen LogP contribution in [0.15, 0.2) is 0 Å². The number of rotatable bonds is 1. The van der Waals surface area contributed by atoms with Gasteiger partial charge < -0.3 is 9.79 Å². The van der Waals surface area contributed by atoms with Gasteiger partial charge in [-0.25, -0.2) is 0 Å². The quantitative estimate of drug-likeness (QED) is 0.331. The Labute approximate surface area is 51.9 Å². The normalized spacial score (nSPS) is 12.0. The highest BCUT2D eigenvalue weighted by Crippen LogP contribution is 2.42. The Morgan fingerprint density at radius 3 is 2.14 bits per heavy atom. The van der Waals surface area contributed by atoms with Crippen LogP contribution in [0.5, 0.6) is 0 Å². The minimum Gasteiger partial charge on any atom is -0.342 e. The molecule has 0 aromatic heterocycles. The fourth-order valence-electron chi connectivity index (χ4n) is 0.190. The van der Waals surface area contributed by atoms with Crippen LogP contribution in [0.25, 0.3) is 0 Å². The average Bonchev–Trinajstić information content (AvgIpc) is 1.30. The van der Waals surface area contributed by atoms with Crippen molar-refractivity contribution in [3.05, 3.63) is 0 Å². The van der Waals surface area contributed by atoms with E-state index >= 15 is 0 Å². The molecule has 0 spiro atoms. The maximum atomic E-state index is 8.54. The van der Waals surface area contributed by atoms with Crippen molar-refractivity contribution in [1.82, 2.24) is 0 Å². The molecule has 0 aliphatic rings. The first-order chi connectivity index (χ1) is 3.06. The Balaban J connectivity index is 3.73. The van der Waals surface area contributed by atoms with E-state index in [1.807, 2.05) is 6.92 Å². The van der Waals surface area contributed by atoms with Crippen LogP contribution in [0, 0.1) is 0 Å². The molecule has 0 saturated carbocycles. The summed E-state index contributed by atoms with van der Waals surface area (Å²) >= 11 is 3.54. The lowest BCUT2D eigenvalue weighted by atomic mass is 11.0. The van der Waals surface area contributed by atoms with E-state index in [2.05, 4.69) is 12.2 Å². The molecule has 0 aromatic rings. The highest BCUT2D eigenvalue weighted by molar-refractivity contribution is 8.62. The van der Waals surface area contributed by atoms with Crippen molar-refractivity contribution in [2.24, 2.45) is 0 Å². The molecular weight excluding hydrogens is 151 g/mol. The highest BCUT2D eigenvalue weighted by atomic mass is 32.9. The monoisotopic (exact) mass is 160 g/mol. The van der Waals surface area contributed by atoms with E-state index < -0.39 is 5.69 Å². The van der Waals surface area contributed by atoms with E-state index in [1.54, 1.807) is 0 Å². The summed E-state index contributed by atoms with van der Waals surface area (Å²) in [6.07, 6.45) is 0. The zero-order chi connectivity index (χ0) is 5.91. The predicted octanol–water partition coefficient (Wildman–Crippen LogP) is 0.413. The Morgan fingerprint density at radius 1 is 1.71 bits per heavy atom.